The largest absolute Gasteiger partial charge is 0.474 e. The fourth-order valence-electron chi connectivity index (χ4n) is 2.60. The molecule has 4 heteroatoms. The van der Waals surface area contributed by atoms with Crippen LogP contribution < -0.4 is 10.1 Å². The summed E-state index contributed by atoms with van der Waals surface area (Å²) in [4.78, 5) is 8.76. The summed E-state index contributed by atoms with van der Waals surface area (Å²) in [5.74, 6) is 3.11. The highest BCUT2D eigenvalue weighted by molar-refractivity contribution is 5.38. The zero-order chi connectivity index (χ0) is 13.7. The normalized spacial score (nSPS) is 23.1. The maximum Gasteiger partial charge on any atom is 0.218 e. The number of hydrogen-bond donors (Lipinski definition) is 1. The molecular weight excluding hydrogens is 238 g/mol. The predicted molar refractivity (Wildman–Crippen MR) is 77.6 cm³/mol. The van der Waals surface area contributed by atoms with Gasteiger partial charge in [-0.05, 0) is 38.5 Å². The summed E-state index contributed by atoms with van der Waals surface area (Å²) >= 11 is 0. The zero-order valence-electron chi connectivity index (χ0n) is 12.3. The minimum Gasteiger partial charge on any atom is -0.474 e. The average molecular weight is 263 g/mol. The van der Waals surface area contributed by atoms with Crippen molar-refractivity contribution in [2.24, 2.45) is 5.92 Å². The fraction of sp³-hybridized carbons (Fsp3) is 0.733. The van der Waals surface area contributed by atoms with Crippen LogP contribution in [0.3, 0.4) is 0 Å². The van der Waals surface area contributed by atoms with Gasteiger partial charge in [0.2, 0.25) is 5.88 Å². The molecule has 0 radical (unpaired) electrons. The first-order valence-electron chi connectivity index (χ1n) is 7.43. The van der Waals surface area contributed by atoms with E-state index in [0.717, 1.165) is 43.4 Å². The van der Waals surface area contributed by atoms with E-state index in [0.29, 0.717) is 12.0 Å². The van der Waals surface area contributed by atoms with Gasteiger partial charge in [-0.15, -0.1) is 0 Å². The van der Waals surface area contributed by atoms with Gasteiger partial charge in [0.15, 0.2) is 0 Å². The second-order valence-electron chi connectivity index (χ2n) is 5.58. The highest BCUT2D eigenvalue weighted by Gasteiger charge is 2.20. The quantitative estimate of drug-likeness (QED) is 0.882. The van der Waals surface area contributed by atoms with Crippen molar-refractivity contribution in [2.45, 2.75) is 59.0 Å². The Bertz CT molecular complexity index is 408. The van der Waals surface area contributed by atoms with Gasteiger partial charge in [-0.1, -0.05) is 20.3 Å². The first-order chi connectivity index (χ1) is 9.17. The van der Waals surface area contributed by atoms with E-state index in [1.54, 1.807) is 0 Å². The lowest BCUT2D eigenvalue weighted by Gasteiger charge is -2.27. The number of nitrogens with one attached hydrogen (secondary N) is 1. The van der Waals surface area contributed by atoms with Crippen molar-refractivity contribution in [1.82, 2.24) is 9.97 Å². The first kappa shape index (κ1) is 14.1. The maximum atomic E-state index is 6.04. The van der Waals surface area contributed by atoms with Crippen molar-refractivity contribution in [3.05, 3.63) is 11.9 Å². The second-order valence-corrected chi connectivity index (χ2v) is 5.58. The van der Waals surface area contributed by atoms with E-state index in [2.05, 4.69) is 29.1 Å². The summed E-state index contributed by atoms with van der Waals surface area (Å²) in [5, 5.41) is 3.29. The van der Waals surface area contributed by atoms with Gasteiger partial charge in [0.25, 0.3) is 0 Å². The standard InChI is InChI=1S/C15H25N3O/c1-4-8-16-14-10-15(18-12(3)17-14)19-13-7-5-6-11(2)9-13/h10-11,13H,4-9H2,1-3H3,(H,16,17,18). The van der Waals surface area contributed by atoms with Crippen LogP contribution in [0.2, 0.25) is 0 Å². The summed E-state index contributed by atoms with van der Waals surface area (Å²) in [6, 6.07) is 1.92. The van der Waals surface area contributed by atoms with Crippen LogP contribution in [0.1, 0.15) is 51.8 Å². The van der Waals surface area contributed by atoms with E-state index in [9.17, 15) is 0 Å². The van der Waals surface area contributed by atoms with Crippen molar-refractivity contribution >= 4 is 5.82 Å². The summed E-state index contributed by atoms with van der Waals surface area (Å²) in [6.45, 7) is 7.28. The lowest BCUT2D eigenvalue weighted by Crippen LogP contribution is -2.24. The SMILES string of the molecule is CCCNc1cc(OC2CCCC(C)C2)nc(C)n1. The third-order valence-corrected chi connectivity index (χ3v) is 3.55. The molecule has 2 unspecified atom stereocenters. The molecule has 1 aliphatic rings. The number of aromatic nitrogens is 2. The molecule has 1 aliphatic carbocycles. The van der Waals surface area contributed by atoms with Crippen molar-refractivity contribution in [1.29, 1.82) is 0 Å². The molecule has 1 aromatic rings. The van der Waals surface area contributed by atoms with E-state index in [4.69, 9.17) is 4.74 Å². The van der Waals surface area contributed by atoms with Crippen LogP contribution in [0.15, 0.2) is 6.07 Å². The van der Waals surface area contributed by atoms with Crippen molar-refractivity contribution in [3.63, 3.8) is 0 Å². The molecule has 0 spiro atoms. The smallest absolute Gasteiger partial charge is 0.218 e. The van der Waals surface area contributed by atoms with Crippen molar-refractivity contribution < 1.29 is 4.74 Å². The molecule has 19 heavy (non-hydrogen) atoms. The Morgan fingerprint density at radius 3 is 2.95 bits per heavy atom. The van der Waals surface area contributed by atoms with Gasteiger partial charge in [-0.2, -0.15) is 4.98 Å². The van der Waals surface area contributed by atoms with Crippen LogP contribution >= 0.6 is 0 Å². The van der Waals surface area contributed by atoms with E-state index in [1.165, 1.54) is 12.8 Å². The van der Waals surface area contributed by atoms with Crippen LogP contribution in [-0.4, -0.2) is 22.6 Å². The third kappa shape index (κ3) is 4.37. The molecule has 4 nitrogen and oxygen atoms in total. The van der Waals surface area contributed by atoms with Crippen molar-refractivity contribution in [3.8, 4) is 5.88 Å². The fourth-order valence-corrected chi connectivity index (χ4v) is 2.60. The van der Waals surface area contributed by atoms with Gasteiger partial charge in [0.05, 0.1) is 0 Å². The molecular formula is C15H25N3O. The maximum absolute atomic E-state index is 6.04. The number of nitrogens with zero attached hydrogens (tertiary/aromatic N) is 2. The predicted octanol–water partition coefficient (Wildman–Crippen LogP) is 3.56. The number of aryl methyl sites for hydroxylation is 1. The van der Waals surface area contributed by atoms with E-state index < -0.39 is 0 Å². The average Bonchev–Trinajstić information content (AvgIpc) is 2.35. The number of ether oxygens (including phenoxy) is 1. The molecule has 0 saturated heterocycles. The van der Waals surface area contributed by atoms with Gasteiger partial charge in [-0.25, -0.2) is 4.98 Å². The van der Waals surface area contributed by atoms with Crippen molar-refractivity contribution in [2.75, 3.05) is 11.9 Å². The zero-order valence-corrected chi connectivity index (χ0v) is 12.3. The van der Waals surface area contributed by atoms with E-state index >= 15 is 0 Å². The lowest BCUT2D eigenvalue weighted by molar-refractivity contribution is 0.123. The molecule has 106 valence electrons. The summed E-state index contributed by atoms with van der Waals surface area (Å²) in [6.07, 6.45) is 6.27. The Kier molecular flexibility index (Phi) is 5.00. The Morgan fingerprint density at radius 1 is 1.37 bits per heavy atom. The van der Waals surface area contributed by atoms with Gasteiger partial charge in [0, 0.05) is 12.6 Å². The molecule has 0 amide bonds. The number of hydrogen-bond acceptors (Lipinski definition) is 4. The highest BCUT2D eigenvalue weighted by Crippen LogP contribution is 2.27. The van der Waals surface area contributed by atoms with Crippen LogP contribution in [0.5, 0.6) is 5.88 Å². The van der Waals surface area contributed by atoms with Gasteiger partial charge in [0.1, 0.15) is 17.7 Å². The van der Waals surface area contributed by atoms with Crippen LogP contribution in [0.25, 0.3) is 0 Å². The van der Waals surface area contributed by atoms with Crippen LogP contribution in [0.4, 0.5) is 5.82 Å². The Balaban J connectivity index is 2.00. The minimum atomic E-state index is 0.317. The minimum absolute atomic E-state index is 0.317. The third-order valence-electron chi connectivity index (χ3n) is 3.55. The highest BCUT2D eigenvalue weighted by atomic mass is 16.5. The molecule has 1 N–H and O–H groups in total. The van der Waals surface area contributed by atoms with Crippen LogP contribution in [0, 0.1) is 12.8 Å². The lowest BCUT2D eigenvalue weighted by atomic mass is 9.89. The molecule has 2 rings (SSSR count). The number of anilines is 1. The molecule has 1 fully saturated rings. The molecule has 1 heterocycles. The molecule has 1 saturated carbocycles. The molecule has 0 bridgehead atoms. The summed E-state index contributed by atoms with van der Waals surface area (Å²) < 4.78 is 6.04. The molecule has 0 aliphatic heterocycles. The summed E-state index contributed by atoms with van der Waals surface area (Å²) in [7, 11) is 0. The Labute approximate surface area is 116 Å². The molecule has 0 aromatic carbocycles. The topological polar surface area (TPSA) is 47.0 Å². The monoisotopic (exact) mass is 263 g/mol. The molecule has 1 aromatic heterocycles. The first-order valence-corrected chi connectivity index (χ1v) is 7.43. The van der Waals surface area contributed by atoms with E-state index in [-0.39, 0.29) is 0 Å². The van der Waals surface area contributed by atoms with Crippen LogP contribution in [-0.2, 0) is 0 Å². The second kappa shape index (κ2) is 6.73. The Morgan fingerprint density at radius 2 is 2.21 bits per heavy atom. The summed E-state index contributed by atoms with van der Waals surface area (Å²) in [5.41, 5.74) is 0. The van der Waals surface area contributed by atoms with E-state index in [1.807, 2.05) is 13.0 Å². The Hall–Kier alpha value is -1.32. The number of rotatable bonds is 5. The van der Waals surface area contributed by atoms with Gasteiger partial charge >= 0.3 is 0 Å². The molecule has 2 atom stereocenters. The van der Waals surface area contributed by atoms with Gasteiger partial charge < -0.3 is 10.1 Å². The van der Waals surface area contributed by atoms with Gasteiger partial charge in [-0.3, -0.25) is 0 Å².